The fourth-order valence-electron chi connectivity index (χ4n) is 2.88. The molecule has 3 rings (SSSR count). The van der Waals surface area contributed by atoms with Crippen molar-refractivity contribution in [1.29, 1.82) is 0 Å². The normalized spacial score (nSPS) is 15.1. The zero-order valence-electron chi connectivity index (χ0n) is 11.3. The minimum atomic E-state index is 1.12. The molecule has 0 aliphatic heterocycles. The van der Waals surface area contributed by atoms with Crippen molar-refractivity contribution in [2.45, 2.75) is 32.1 Å². The molecule has 0 unspecified atom stereocenters. The molecule has 0 heterocycles. The highest BCUT2D eigenvalue weighted by Crippen LogP contribution is 2.28. The van der Waals surface area contributed by atoms with E-state index < -0.39 is 0 Å². The minimum Gasteiger partial charge on any atom is -0.0850 e. The maximum atomic E-state index is 2.45. The number of rotatable bonds is 3. The van der Waals surface area contributed by atoms with Gasteiger partial charge in [-0.05, 0) is 48.8 Å². The van der Waals surface area contributed by atoms with Gasteiger partial charge >= 0.3 is 0 Å². The monoisotopic (exact) mass is 248 g/mol. The number of hydrogen-bond acceptors (Lipinski definition) is 0. The average Bonchev–Trinajstić information content (AvgIpc) is 2.50. The quantitative estimate of drug-likeness (QED) is 0.638. The first-order valence-corrected chi connectivity index (χ1v) is 7.25. The molecule has 19 heavy (non-hydrogen) atoms. The Kier molecular flexibility index (Phi) is 3.78. The van der Waals surface area contributed by atoms with Crippen LogP contribution in [-0.2, 0) is 6.42 Å². The van der Waals surface area contributed by atoms with Crippen LogP contribution in [0.3, 0.4) is 0 Å². The Morgan fingerprint density at radius 2 is 1.58 bits per heavy atom. The molecule has 0 atom stereocenters. The number of hydrogen-bond donors (Lipinski definition) is 0. The molecule has 0 aromatic heterocycles. The molecule has 96 valence electrons. The van der Waals surface area contributed by atoms with Gasteiger partial charge in [0.05, 0.1) is 0 Å². The van der Waals surface area contributed by atoms with E-state index in [9.17, 15) is 0 Å². The van der Waals surface area contributed by atoms with Gasteiger partial charge in [0.15, 0.2) is 0 Å². The Balaban J connectivity index is 1.91. The van der Waals surface area contributed by atoms with E-state index in [4.69, 9.17) is 0 Å². The molecule has 0 heteroatoms. The summed E-state index contributed by atoms with van der Waals surface area (Å²) in [7, 11) is 0. The third kappa shape index (κ3) is 2.96. The van der Waals surface area contributed by atoms with Gasteiger partial charge in [0.25, 0.3) is 0 Å². The smallest absolute Gasteiger partial charge is 0.00610 e. The first kappa shape index (κ1) is 12.2. The van der Waals surface area contributed by atoms with Crippen LogP contribution in [0.4, 0.5) is 0 Å². The van der Waals surface area contributed by atoms with E-state index in [2.05, 4.69) is 60.7 Å². The Hall–Kier alpha value is -1.82. The molecule has 0 saturated carbocycles. The summed E-state index contributed by atoms with van der Waals surface area (Å²) in [6, 6.07) is 19.5. The molecule has 1 aliphatic rings. The summed E-state index contributed by atoms with van der Waals surface area (Å²) >= 11 is 0. The van der Waals surface area contributed by atoms with Crippen molar-refractivity contribution in [2.75, 3.05) is 0 Å². The maximum absolute atomic E-state index is 2.45. The minimum absolute atomic E-state index is 1.12. The van der Waals surface area contributed by atoms with Gasteiger partial charge in [0.1, 0.15) is 0 Å². The van der Waals surface area contributed by atoms with E-state index in [0.717, 1.165) is 6.42 Å². The second kappa shape index (κ2) is 5.88. The van der Waals surface area contributed by atoms with Gasteiger partial charge in [0.2, 0.25) is 0 Å². The zero-order valence-corrected chi connectivity index (χ0v) is 11.3. The van der Waals surface area contributed by atoms with E-state index in [1.54, 1.807) is 5.57 Å². The molecule has 0 N–H and O–H groups in total. The van der Waals surface area contributed by atoms with Crippen LogP contribution in [-0.4, -0.2) is 0 Å². The Morgan fingerprint density at radius 3 is 2.37 bits per heavy atom. The molecule has 0 radical (unpaired) electrons. The first-order valence-electron chi connectivity index (χ1n) is 7.25. The lowest BCUT2D eigenvalue weighted by molar-refractivity contribution is 0.688. The molecule has 0 amide bonds. The van der Waals surface area contributed by atoms with Crippen LogP contribution in [0.25, 0.3) is 11.1 Å². The van der Waals surface area contributed by atoms with Crippen LogP contribution >= 0.6 is 0 Å². The van der Waals surface area contributed by atoms with Crippen LogP contribution in [0.15, 0.2) is 66.2 Å². The second-order valence-electron chi connectivity index (χ2n) is 5.31. The van der Waals surface area contributed by atoms with Crippen molar-refractivity contribution >= 4 is 0 Å². The van der Waals surface area contributed by atoms with Crippen molar-refractivity contribution in [3.05, 3.63) is 71.8 Å². The van der Waals surface area contributed by atoms with Crippen molar-refractivity contribution in [2.24, 2.45) is 0 Å². The fourth-order valence-corrected chi connectivity index (χ4v) is 2.88. The highest BCUT2D eigenvalue weighted by molar-refractivity contribution is 5.67. The molecular weight excluding hydrogens is 228 g/mol. The van der Waals surface area contributed by atoms with Gasteiger partial charge in [-0.3, -0.25) is 0 Å². The Morgan fingerprint density at radius 1 is 0.789 bits per heavy atom. The molecule has 0 spiro atoms. The lowest BCUT2D eigenvalue weighted by Crippen LogP contribution is -1.98. The Bertz CT molecular complexity index is 564. The summed E-state index contributed by atoms with van der Waals surface area (Å²) in [6.07, 6.45) is 8.84. The molecule has 0 bridgehead atoms. The van der Waals surface area contributed by atoms with Crippen LogP contribution in [0, 0.1) is 0 Å². The lowest BCUT2D eigenvalue weighted by Gasteiger charge is -2.15. The molecule has 2 aromatic carbocycles. The number of benzene rings is 2. The fraction of sp³-hybridized carbons (Fsp3) is 0.263. The van der Waals surface area contributed by atoms with Crippen LogP contribution in [0.5, 0.6) is 0 Å². The molecule has 1 aliphatic carbocycles. The Labute approximate surface area is 115 Å². The third-order valence-electron chi connectivity index (χ3n) is 3.90. The summed E-state index contributed by atoms with van der Waals surface area (Å²) in [5.41, 5.74) is 5.79. The van der Waals surface area contributed by atoms with Crippen molar-refractivity contribution in [1.82, 2.24) is 0 Å². The van der Waals surface area contributed by atoms with Gasteiger partial charge in [-0.25, -0.2) is 0 Å². The lowest BCUT2D eigenvalue weighted by atomic mass is 9.90. The summed E-state index contributed by atoms with van der Waals surface area (Å²) in [6.45, 7) is 0. The van der Waals surface area contributed by atoms with E-state index in [0.29, 0.717) is 0 Å². The van der Waals surface area contributed by atoms with Crippen LogP contribution in [0.2, 0.25) is 0 Å². The molecular formula is C19H20. The molecule has 0 saturated heterocycles. The standard InChI is InChI=1S/C19H20/c1-3-9-16(10-4-1)15-18-13-7-8-14-19(18)17-11-5-2-6-12-17/h2,5-9,11-14H,1,3-4,10,15H2. The van der Waals surface area contributed by atoms with Crippen LogP contribution in [0.1, 0.15) is 31.2 Å². The topological polar surface area (TPSA) is 0 Å². The van der Waals surface area contributed by atoms with Gasteiger partial charge in [-0.15, -0.1) is 0 Å². The number of allylic oxidation sites excluding steroid dienone is 2. The van der Waals surface area contributed by atoms with E-state index in [1.165, 1.54) is 42.4 Å². The largest absolute Gasteiger partial charge is 0.0850 e. The third-order valence-corrected chi connectivity index (χ3v) is 3.90. The van der Waals surface area contributed by atoms with E-state index >= 15 is 0 Å². The summed E-state index contributed by atoms with van der Waals surface area (Å²) < 4.78 is 0. The average molecular weight is 248 g/mol. The van der Waals surface area contributed by atoms with E-state index in [-0.39, 0.29) is 0 Å². The maximum Gasteiger partial charge on any atom is -0.00610 e. The van der Waals surface area contributed by atoms with E-state index in [1.807, 2.05) is 0 Å². The second-order valence-corrected chi connectivity index (χ2v) is 5.31. The zero-order chi connectivity index (χ0) is 12.9. The summed E-state index contributed by atoms with van der Waals surface area (Å²) in [5, 5.41) is 0. The molecule has 0 fully saturated rings. The van der Waals surface area contributed by atoms with Crippen molar-refractivity contribution in [3.8, 4) is 11.1 Å². The highest BCUT2D eigenvalue weighted by atomic mass is 14.1. The predicted octanol–water partition coefficient (Wildman–Crippen LogP) is 5.40. The van der Waals surface area contributed by atoms with Gasteiger partial charge in [-0.2, -0.15) is 0 Å². The van der Waals surface area contributed by atoms with Crippen molar-refractivity contribution < 1.29 is 0 Å². The van der Waals surface area contributed by atoms with Crippen LogP contribution < -0.4 is 0 Å². The van der Waals surface area contributed by atoms with Gasteiger partial charge in [-0.1, -0.05) is 66.2 Å². The summed E-state index contributed by atoms with van der Waals surface area (Å²) in [5.74, 6) is 0. The molecule has 2 aromatic rings. The van der Waals surface area contributed by atoms with Gasteiger partial charge in [0, 0.05) is 0 Å². The highest BCUT2D eigenvalue weighted by Gasteiger charge is 2.08. The predicted molar refractivity (Wildman–Crippen MR) is 82.1 cm³/mol. The SMILES string of the molecule is C1=C(Cc2ccccc2-c2ccccc2)CCCC1. The molecule has 0 nitrogen and oxygen atoms in total. The summed E-state index contributed by atoms with van der Waals surface area (Å²) in [4.78, 5) is 0. The van der Waals surface area contributed by atoms with Crippen molar-refractivity contribution in [3.63, 3.8) is 0 Å². The van der Waals surface area contributed by atoms with Gasteiger partial charge < -0.3 is 0 Å². The first-order chi connectivity index (χ1) is 9.43.